The van der Waals surface area contributed by atoms with Gasteiger partial charge in [-0.25, -0.2) is 9.37 Å². The molecule has 1 amide bonds. The fourth-order valence-electron chi connectivity index (χ4n) is 3.94. The summed E-state index contributed by atoms with van der Waals surface area (Å²) in [5, 5.41) is 2.87. The number of carbonyl (C=O) groups is 1. The Kier molecular flexibility index (Phi) is 5.19. The van der Waals surface area contributed by atoms with Gasteiger partial charge in [-0.1, -0.05) is 37.5 Å². The zero-order chi connectivity index (χ0) is 18.6. The van der Waals surface area contributed by atoms with Crippen LogP contribution < -0.4 is 5.32 Å². The number of aromatic nitrogens is 2. The van der Waals surface area contributed by atoms with Crippen molar-refractivity contribution < 1.29 is 9.18 Å². The molecule has 1 fully saturated rings. The Balaban J connectivity index is 1.42. The number of imidazole rings is 1. The Morgan fingerprint density at radius 3 is 2.78 bits per heavy atom. The Bertz CT molecular complexity index is 944. The first-order chi connectivity index (χ1) is 13.2. The largest absolute Gasteiger partial charge is 0.352 e. The molecule has 3 aromatic rings. The maximum Gasteiger partial charge on any atom is 0.251 e. The third-order valence-corrected chi connectivity index (χ3v) is 5.44. The fraction of sp³-hybridized carbons (Fsp3) is 0.364. The Morgan fingerprint density at radius 1 is 1.15 bits per heavy atom. The molecule has 2 aromatic carbocycles. The summed E-state index contributed by atoms with van der Waals surface area (Å²) in [7, 11) is 0. The molecule has 27 heavy (non-hydrogen) atoms. The van der Waals surface area contributed by atoms with Crippen LogP contribution in [0, 0.1) is 5.82 Å². The fourth-order valence-corrected chi connectivity index (χ4v) is 3.94. The molecule has 0 bridgehead atoms. The summed E-state index contributed by atoms with van der Waals surface area (Å²) in [5.74, 6) is -0.387. The molecular formula is C22H24FN3O. The number of rotatable bonds is 5. The van der Waals surface area contributed by atoms with Gasteiger partial charge in [-0.15, -0.1) is 0 Å². The highest BCUT2D eigenvalue weighted by atomic mass is 19.1. The van der Waals surface area contributed by atoms with Crippen LogP contribution in [0.2, 0.25) is 0 Å². The van der Waals surface area contributed by atoms with Crippen molar-refractivity contribution in [2.45, 2.75) is 44.6 Å². The summed E-state index contributed by atoms with van der Waals surface area (Å²) >= 11 is 0. The van der Waals surface area contributed by atoms with Crippen LogP contribution >= 0.6 is 0 Å². The van der Waals surface area contributed by atoms with Gasteiger partial charge < -0.3 is 9.88 Å². The molecule has 1 aliphatic rings. The molecule has 0 aliphatic heterocycles. The molecule has 0 atom stereocenters. The van der Waals surface area contributed by atoms with E-state index in [2.05, 4.69) is 14.9 Å². The number of halogens is 1. The van der Waals surface area contributed by atoms with E-state index in [9.17, 15) is 9.18 Å². The summed E-state index contributed by atoms with van der Waals surface area (Å²) in [6.07, 6.45) is 8.63. The maximum absolute atomic E-state index is 13.6. The average molecular weight is 365 g/mol. The van der Waals surface area contributed by atoms with Crippen LogP contribution in [0.3, 0.4) is 0 Å². The van der Waals surface area contributed by atoms with Crippen LogP contribution in [0.25, 0.3) is 11.0 Å². The van der Waals surface area contributed by atoms with E-state index in [4.69, 9.17) is 0 Å². The predicted molar refractivity (Wildman–Crippen MR) is 104 cm³/mol. The smallest absolute Gasteiger partial charge is 0.251 e. The summed E-state index contributed by atoms with van der Waals surface area (Å²) in [4.78, 5) is 16.9. The van der Waals surface area contributed by atoms with E-state index < -0.39 is 0 Å². The first-order valence-corrected chi connectivity index (χ1v) is 9.70. The highest BCUT2D eigenvalue weighted by molar-refractivity contribution is 5.97. The maximum atomic E-state index is 13.6. The van der Waals surface area contributed by atoms with Gasteiger partial charge in [0, 0.05) is 18.2 Å². The first-order valence-electron chi connectivity index (χ1n) is 9.70. The number of nitrogens with zero attached hydrogens (tertiary/aromatic N) is 2. The molecular weight excluding hydrogens is 341 g/mol. The van der Waals surface area contributed by atoms with Gasteiger partial charge in [-0.2, -0.15) is 0 Å². The van der Waals surface area contributed by atoms with Gasteiger partial charge >= 0.3 is 0 Å². The van der Waals surface area contributed by atoms with E-state index in [1.54, 1.807) is 18.2 Å². The third-order valence-electron chi connectivity index (χ3n) is 5.44. The van der Waals surface area contributed by atoms with Gasteiger partial charge in [0.1, 0.15) is 5.82 Å². The predicted octanol–water partition coefficient (Wildman–Crippen LogP) is 4.65. The van der Waals surface area contributed by atoms with Gasteiger partial charge in [-0.3, -0.25) is 4.79 Å². The molecule has 1 heterocycles. The lowest BCUT2D eigenvalue weighted by Crippen LogP contribution is -2.25. The Morgan fingerprint density at radius 2 is 1.96 bits per heavy atom. The van der Waals surface area contributed by atoms with Crippen molar-refractivity contribution in [3.05, 3.63) is 65.7 Å². The van der Waals surface area contributed by atoms with Gasteiger partial charge in [0.25, 0.3) is 5.91 Å². The Labute approximate surface area is 158 Å². The van der Waals surface area contributed by atoms with E-state index in [0.717, 1.165) is 11.0 Å². The van der Waals surface area contributed by atoms with Gasteiger partial charge in [0.05, 0.1) is 17.4 Å². The standard InChI is InChI=1S/C22H24FN3O/c23-19-9-5-4-6-16(19)12-13-24-22(27)17-10-11-21-20(14-17)25-15-26(21)18-7-2-1-3-8-18/h4-6,9-11,14-15,18H,1-3,7-8,12-13H2,(H,24,27). The van der Waals surface area contributed by atoms with Crippen molar-refractivity contribution in [3.63, 3.8) is 0 Å². The molecule has 0 unspecified atom stereocenters. The Hall–Kier alpha value is -2.69. The van der Waals surface area contributed by atoms with Gasteiger partial charge in [0.15, 0.2) is 0 Å². The SMILES string of the molecule is O=C(NCCc1ccccc1F)c1ccc2c(c1)ncn2C1CCCCC1. The van der Waals surface area contributed by atoms with Crippen molar-refractivity contribution in [1.29, 1.82) is 0 Å². The van der Waals surface area contributed by atoms with Crippen molar-refractivity contribution in [3.8, 4) is 0 Å². The molecule has 1 aromatic heterocycles. The number of carbonyl (C=O) groups excluding carboxylic acids is 1. The highest BCUT2D eigenvalue weighted by Gasteiger charge is 2.18. The number of amides is 1. The first kappa shape index (κ1) is 17.7. The lowest BCUT2D eigenvalue weighted by Gasteiger charge is -2.23. The molecule has 0 radical (unpaired) electrons. The molecule has 5 heteroatoms. The molecule has 4 nitrogen and oxygen atoms in total. The van der Waals surface area contributed by atoms with Crippen molar-refractivity contribution in [1.82, 2.24) is 14.9 Å². The zero-order valence-electron chi connectivity index (χ0n) is 15.3. The normalized spacial score (nSPS) is 15.1. The second kappa shape index (κ2) is 7.91. The van der Waals surface area contributed by atoms with Crippen molar-refractivity contribution in [2.24, 2.45) is 0 Å². The lowest BCUT2D eigenvalue weighted by molar-refractivity contribution is 0.0954. The average Bonchev–Trinajstić information content (AvgIpc) is 3.13. The minimum Gasteiger partial charge on any atom is -0.352 e. The zero-order valence-corrected chi connectivity index (χ0v) is 15.3. The molecule has 4 rings (SSSR count). The molecule has 1 saturated carbocycles. The van der Waals surface area contributed by atoms with Gasteiger partial charge in [0.2, 0.25) is 0 Å². The second-order valence-electron chi connectivity index (χ2n) is 7.24. The minimum atomic E-state index is -0.235. The number of benzene rings is 2. The van der Waals surface area contributed by atoms with Gasteiger partial charge in [-0.05, 0) is 49.1 Å². The van der Waals surface area contributed by atoms with Crippen LogP contribution in [0.5, 0.6) is 0 Å². The number of hydrogen-bond donors (Lipinski definition) is 1. The molecule has 1 aliphatic carbocycles. The molecule has 1 N–H and O–H groups in total. The summed E-state index contributed by atoms with van der Waals surface area (Å²) < 4.78 is 15.9. The molecule has 0 saturated heterocycles. The van der Waals surface area contributed by atoms with E-state index in [1.165, 1.54) is 38.2 Å². The lowest BCUT2D eigenvalue weighted by atomic mass is 9.95. The summed E-state index contributed by atoms with van der Waals surface area (Å²) in [6.45, 7) is 0.397. The third kappa shape index (κ3) is 3.87. The minimum absolute atomic E-state index is 0.152. The van der Waals surface area contributed by atoms with E-state index in [0.29, 0.717) is 30.1 Å². The summed E-state index contributed by atoms with van der Waals surface area (Å²) in [5.41, 5.74) is 3.14. The molecule has 0 spiro atoms. The van der Waals surface area contributed by atoms with Crippen LogP contribution in [-0.4, -0.2) is 22.0 Å². The monoisotopic (exact) mass is 365 g/mol. The topological polar surface area (TPSA) is 46.9 Å². The van der Waals surface area contributed by atoms with Crippen LogP contribution in [0.1, 0.15) is 54.1 Å². The summed E-state index contributed by atoms with van der Waals surface area (Å²) in [6, 6.07) is 12.8. The highest BCUT2D eigenvalue weighted by Crippen LogP contribution is 2.30. The van der Waals surface area contributed by atoms with Crippen molar-refractivity contribution in [2.75, 3.05) is 6.54 Å². The van der Waals surface area contributed by atoms with Crippen LogP contribution in [0.4, 0.5) is 4.39 Å². The number of hydrogen-bond acceptors (Lipinski definition) is 2. The second-order valence-corrected chi connectivity index (χ2v) is 7.24. The van der Waals surface area contributed by atoms with Crippen LogP contribution in [0.15, 0.2) is 48.8 Å². The number of nitrogens with one attached hydrogen (secondary N) is 1. The number of fused-ring (bicyclic) bond motifs is 1. The molecule has 140 valence electrons. The quantitative estimate of drug-likeness (QED) is 0.715. The van der Waals surface area contributed by atoms with E-state index in [-0.39, 0.29) is 11.7 Å². The van der Waals surface area contributed by atoms with E-state index >= 15 is 0 Å². The van der Waals surface area contributed by atoms with Crippen LogP contribution in [-0.2, 0) is 6.42 Å². The van der Waals surface area contributed by atoms with E-state index in [1.807, 2.05) is 24.5 Å². The van der Waals surface area contributed by atoms with Crippen molar-refractivity contribution >= 4 is 16.9 Å².